The van der Waals surface area contributed by atoms with Gasteiger partial charge >= 0.3 is 0 Å². The van der Waals surface area contributed by atoms with E-state index in [4.69, 9.17) is 0 Å². The normalized spacial score (nSPS) is 12.6. The van der Waals surface area contributed by atoms with E-state index in [0.717, 1.165) is 11.1 Å². The van der Waals surface area contributed by atoms with Crippen molar-refractivity contribution in [1.29, 1.82) is 0 Å². The molecular formula is C12H14N2O3. The number of benzene rings is 1. The number of aliphatic hydroxyl groups excluding tert-OH is 1. The SMILES string of the molecule is Cc1ccc(C(O)CC[n+]2cc([O-])on2)cc1. The quantitative estimate of drug-likeness (QED) is 0.780. The van der Waals surface area contributed by atoms with Crippen molar-refractivity contribution in [3.05, 3.63) is 41.6 Å². The molecule has 0 fully saturated rings. The van der Waals surface area contributed by atoms with Gasteiger partial charge in [-0.25, -0.2) is 0 Å². The van der Waals surface area contributed by atoms with Crippen molar-refractivity contribution in [2.45, 2.75) is 26.0 Å². The van der Waals surface area contributed by atoms with E-state index in [2.05, 4.69) is 9.79 Å². The first-order valence-electron chi connectivity index (χ1n) is 5.43. The van der Waals surface area contributed by atoms with E-state index in [0.29, 0.717) is 13.0 Å². The van der Waals surface area contributed by atoms with Crippen LogP contribution in [-0.4, -0.2) is 10.4 Å². The summed E-state index contributed by atoms with van der Waals surface area (Å²) in [6.45, 7) is 2.44. The molecule has 1 aromatic heterocycles. The maximum Gasteiger partial charge on any atom is 0.221 e. The molecule has 1 unspecified atom stereocenters. The average molecular weight is 234 g/mol. The van der Waals surface area contributed by atoms with Crippen LogP contribution < -0.4 is 9.79 Å². The third-order valence-corrected chi connectivity index (χ3v) is 2.58. The number of nitrogens with zero attached hydrogens (tertiary/aromatic N) is 2. The second kappa shape index (κ2) is 4.97. The van der Waals surface area contributed by atoms with Crippen LogP contribution in [-0.2, 0) is 6.54 Å². The Morgan fingerprint density at radius 2 is 2.12 bits per heavy atom. The first-order chi connectivity index (χ1) is 8.15. The van der Waals surface area contributed by atoms with Crippen LogP contribution in [0.25, 0.3) is 0 Å². The van der Waals surface area contributed by atoms with E-state index in [1.807, 2.05) is 31.2 Å². The molecule has 0 bridgehead atoms. The van der Waals surface area contributed by atoms with Crippen LogP contribution in [0.1, 0.15) is 23.7 Å². The lowest BCUT2D eigenvalue weighted by Gasteiger charge is -2.08. The van der Waals surface area contributed by atoms with Crippen LogP contribution in [0.2, 0.25) is 0 Å². The number of hydrogen-bond donors (Lipinski definition) is 1. The van der Waals surface area contributed by atoms with Crippen molar-refractivity contribution in [2.24, 2.45) is 0 Å². The molecule has 17 heavy (non-hydrogen) atoms. The van der Waals surface area contributed by atoms with Crippen molar-refractivity contribution >= 4 is 0 Å². The lowest BCUT2D eigenvalue weighted by molar-refractivity contribution is -0.763. The van der Waals surface area contributed by atoms with Gasteiger partial charge in [0.2, 0.25) is 6.20 Å². The lowest BCUT2D eigenvalue weighted by Crippen LogP contribution is -2.35. The highest BCUT2D eigenvalue weighted by molar-refractivity contribution is 5.22. The van der Waals surface area contributed by atoms with E-state index >= 15 is 0 Å². The Kier molecular flexibility index (Phi) is 3.39. The molecule has 1 heterocycles. The molecule has 2 aromatic rings. The van der Waals surface area contributed by atoms with Crippen molar-refractivity contribution < 1.29 is 19.4 Å². The molecule has 5 heteroatoms. The summed E-state index contributed by atoms with van der Waals surface area (Å²) < 4.78 is 5.78. The summed E-state index contributed by atoms with van der Waals surface area (Å²) >= 11 is 0. The summed E-state index contributed by atoms with van der Waals surface area (Å²) in [6.07, 6.45) is 1.19. The number of rotatable bonds is 4. The van der Waals surface area contributed by atoms with Gasteiger partial charge in [0, 0.05) is 6.42 Å². The summed E-state index contributed by atoms with van der Waals surface area (Å²) in [4.78, 5) is 0. The van der Waals surface area contributed by atoms with Crippen molar-refractivity contribution in [2.75, 3.05) is 0 Å². The standard InChI is InChI=1S/C12H14N2O3/c1-9-2-4-10(5-3-9)11(15)6-7-14-8-12(16)17-13-14/h2-5,8,11,15H,6-7H2,1H3. The number of aromatic nitrogens is 2. The minimum atomic E-state index is -0.560. The Morgan fingerprint density at radius 1 is 1.41 bits per heavy atom. The van der Waals surface area contributed by atoms with Crippen LogP contribution in [0.15, 0.2) is 35.0 Å². The van der Waals surface area contributed by atoms with Crippen molar-refractivity contribution in [3.8, 4) is 5.95 Å². The second-order valence-electron chi connectivity index (χ2n) is 4.00. The molecule has 0 radical (unpaired) electrons. The highest BCUT2D eigenvalue weighted by Gasteiger charge is 2.11. The molecule has 0 amide bonds. The molecule has 90 valence electrons. The first kappa shape index (κ1) is 11.6. The molecule has 1 atom stereocenters. The van der Waals surface area contributed by atoms with Gasteiger partial charge in [0.1, 0.15) is 5.95 Å². The summed E-state index contributed by atoms with van der Waals surface area (Å²) in [7, 11) is 0. The van der Waals surface area contributed by atoms with Crippen LogP contribution in [0.3, 0.4) is 0 Å². The van der Waals surface area contributed by atoms with Crippen LogP contribution in [0.5, 0.6) is 5.95 Å². The van der Waals surface area contributed by atoms with Gasteiger partial charge < -0.3 is 14.7 Å². The zero-order valence-corrected chi connectivity index (χ0v) is 9.54. The smallest absolute Gasteiger partial charge is 0.221 e. The van der Waals surface area contributed by atoms with Gasteiger partial charge in [0.15, 0.2) is 6.54 Å². The molecule has 1 aromatic carbocycles. The zero-order chi connectivity index (χ0) is 12.3. The van der Waals surface area contributed by atoms with Crippen molar-refractivity contribution in [3.63, 3.8) is 0 Å². The Balaban J connectivity index is 1.93. The fourth-order valence-corrected chi connectivity index (χ4v) is 1.58. The van der Waals surface area contributed by atoms with Gasteiger partial charge in [-0.05, 0) is 12.5 Å². The minimum Gasteiger partial charge on any atom is -0.539 e. The Morgan fingerprint density at radius 3 is 2.71 bits per heavy atom. The fraction of sp³-hybridized carbons (Fsp3) is 0.333. The Bertz CT molecular complexity index is 479. The summed E-state index contributed by atoms with van der Waals surface area (Å²) in [5.41, 5.74) is 2.02. The van der Waals surface area contributed by atoms with E-state index < -0.39 is 12.1 Å². The fourth-order valence-electron chi connectivity index (χ4n) is 1.58. The monoisotopic (exact) mass is 234 g/mol. The summed E-state index contributed by atoms with van der Waals surface area (Å²) in [5, 5.41) is 24.2. The predicted octanol–water partition coefficient (Wildman–Crippen LogP) is 0.468. The topological polar surface area (TPSA) is 73.2 Å². The number of aliphatic hydroxyl groups is 1. The average Bonchev–Trinajstić information content (AvgIpc) is 2.73. The van der Waals surface area contributed by atoms with Gasteiger partial charge in [-0.1, -0.05) is 34.5 Å². The molecule has 2 rings (SSSR count). The molecule has 0 spiro atoms. The molecule has 0 saturated carbocycles. The molecule has 5 nitrogen and oxygen atoms in total. The molecular weight excluding hydrogens is 220 g/mol. The molecule has 1 N–H and O–H groups in total. The van der Waals surface area contributed by atoms with Gasteiger partial charge in [-0.3, -0.25) is 0 Å². The van der Waals surface area contributed by atoms with Crippen LogP contribution >= 0.6 is 0 Å². The summed E-state index contributed by atoms with van der Waals surface area (Å²) in [5.74, 6) is -0.477. The van der Waals surface area contributed by atoms with E-state index in [1.165, 1.54) is 10.9 Å². The third kappa shape index (κ3) is 3.04. The predicted molar refractivity (Wildman–Crippen MR) is 56.9 cm³/mol. The van der Waals surface area contributed by atoms with Gasteiger partial charge in [-0.15, -0.1) is 0 Å². The number of aryl methyl sites for hydroxylation is 2. The Hall–Kier alpha value is -1.88. The van der Waals surface area contributed by atoms with Gasteiger partial charge in [0.25, 0.3) is 0 Å². The maximum absolute atomic E-state index is 10.7. The van der Waals surface area contributed by atoms with Crippen molar-refractivity contribution in [1.82, 2.24) is 5.27 Å². The highest BCUT2D eigenvalue weighted by atomic mass is 16.6. The van der Waals surface area contributed by atoms with E-state index in [-0.39, 0.29) is 0 Å². The number of hydrogen-bond acceptors (Lipinski definition) is 4. The van der Waals surface area contributed by atoms with E-state index in [1.54, 1.807) is 0 Å². The van der Waals surface area contributed by atoms with Crippen LogP contribution in [0, 0.1) is 6.92 Å². The summed E-state index contributed by atoms with van der Waals surface area (Å²) in [6, 6.07) is 7.70. The lowest BCUT2D eigenvalue weighted by atomic mass is 10.1. The minimum absolute atomic E-state index is 0.445. The van der Waals surface area contributed by atoms with Gasteiger partial charge in [-0.2, -0.15) is 0 Å². The first-order valence-corrected chi connectivity index (χ1v) is 5.43. The molecule has 0 aliphatic heterocycles. The Labute approximate surface area is 98.9 Å². The molecule has 0 aliphatic rings. The maximum atomic E-state index is 10.7. The zero-order valence-electron chi connectivity index (χ0n) is 9.54. The molecule has 0 aliphatic carbocycles. The van der Waals surface area contributed by atoms with Gasteiger partial charge in [0.05, 0.1) is 11.4 Å². The van der Waals surface area contributed by atoms with E-state index in [9.17, 15) is 10.2 Å². The highest BCUT2D eigenvalue weighted by Crippen LogP contribution is 2.16. The largest absolute Gasteiger partial charge is 0.539 e. The van der Waals surface area contributed by atoms with Crippen LogP contribution in [0.4, 0.5) is 0 Å². The third-order valence-electron chi connectivity index (χ3n) is 2.58. The molecule has 0 saturated heterocycles. The second-order valence-corrected chi connectivity index (χ2v) is 4.00.